The van der Waals surface area contributed by atoms with Gasteiger partial charge in [0.2, 0.25) is 0 Å². The Labute approximate surface area is 185 Å². The van der Waals surface area contributed by atoms with E-state index in [4.69, 9.17) is 11.1 Å². The van der Waals surface area contributed by atoms with Crippen molar-refractivity contribution in [2.75, 3.05) is 23.3 Å². The molecule has 1 saturated heterocycles. The van der Waals surface area contributed by atoms with Crippen LogP contribution < -0.4 is 16.0 Å². The Bertz CT molecular complexity index is 1210. The Kier molecular flexibility index (Phi) is 5.91. The van der Waals surface area contributed by atoms with Gasteiger partial charge in [0.05, 0.1) is 18.0 Å². The predicted octanol–water partition coefficient (Wildman–Crippen LogP) is 2.80. The number of carbonyl (C=O) groups excluding carboxylic acids is 1. The van der Waals surface area contributed by atoms with E-state index in [1.165, 1.54) is 0 Å². The van der Waals surface area contributed by atoms with Crippen LogP contribution in [-0.2, 0) is 4.79 Å². The van der Waals surface area contributed by atoms with Crippen molar-refractivity contribution in [3.05, 3.63) is 47.9 Å². The highest BCUT2D eigenvalue weighted by Gasteiger charge is 2.19. The number of hydrogen-bond donors (Lipinski definition) is 5. The van der Waals surface area contributed by atoms with E-state index in [9.17, 15) is 9.90 Å². The molecule has 0 aromatic carbocycles. The molecule has 0 spiro atoms. The molecule has 4 rings (SSSR count). The van der Waals surface area contributed by atoms with Gasteiger partial charge in [0.1, 0.15) is 17.2 Å². The zero-order valence-corrected chi connectivity index (χ0v) is 18.1. The molecular formula is C23H27N7O2. The van der Waals surface area contributed by atoms with Crippen LogP contribution in [0.4, 0.5) is 11.5 Å². The highest BCUT2D eigenvalue weighted by molar-refractivity contribution is 6.47. The summed E-state index contributed by atoms with van der Waals surface area (Å²) < 4.78 is 0. The van der Waals surface area contributed by atoms with Crippen molar-refractivity contribution in [1.82, 2.24) is 15.0 Å². The van der Waals surface area contributed by atoms with E-state index in [0.717, 1.165) is 41.8 Å². The predicted molar refractivity (Wildman–Crippen MR) is 126 cm³/mol. The van der Waals surface area contributed by atoms with Crippen molar-refractivity contribution in [1.29, 1.82) is 5.41 Å². The molecule has 1 aliphatic heterocycles. The summed E-state index contributed by atoms with van der Waals surface area (Å²) in [5, 5.41) is 21.5. The minimum Gasteiger partial charge on any atom is -0.402 e. The molecular weight excluding hydrogens is 406 g/mol. The van der Waals surface area contributed by atoms with Gasteiger partial charge in [-0.3, -0.25) is 10.2 Å². The second-order valence-electron chi connectivity index (χ2n) is 8.13. The molecule has 1 atom stereocenters. The van der Waals surface area contributed by atoms with Crippen LogP contribution in [0.5, 0.6) is 0 Å². The van der Waals surface area contributed by atoms with Crippen molar-refractivity contribution in [2.24, 2.45) is 5.73 Å². The number of allylic oxidation sites excluding steroid dienone is 1. The molecule has 9 heteroatoms. The number of nitrogens with one attached hydrogen (secondary N) is 3. The zero-order chi connectivity index (χ0) is 22.8. The first-order valence-electron chi connectivity index (χ1n) is 10.5. The zero-order valence-electron chi connectivity index (χ0n) is 18.1. The number of rotatable bonds is 5. The number of aromatic amines is 1. The van der Waals surface area contributed by atoms with Crippen molar-refractivity contribution in [3.63, 3.8) is 0 Å². The third-order valence-corrected chi connectivity index (χ3v) is 5.70. The lowest BCUT2D eigenvalue weighted by Crippen LogP contribution is -2.38. The number of carbonyl (C=O) groups is 1. The minimum atomic E-state index is -0.535. The van der Waals surface area contributed by atoms with Crippen LogP contribution in [0, 0.1) is 5.41 Å². The first-order valence-corrected chi connectivity index (χ1v) is 10.5. The number of amides is 1. The maximum absolute atomic E-state index is 12.3. The lowest BCUT2D eigenvalue weighted by atomic mass is 10.1. The molecule has 3 aromatic rings. The minimum absolute atomic E-state index is 0.174. The molecule has 32 heavy (non-hydrogen) atoms. The summed E-state index contributed by atoms with van der Waals surface area (Å²) in [5.41, 5.74) is 9.41. The first kappa shape index (κ1) is 21.5. The molecule has 0 saturated carbocycles. The standard InChI is InChI=1S/C23H27N7O2/c1-13(14(2)24)21(25)23(32)28-17-8-16-9-19(29-22(16)27-11-17)15-5-6-26-20(10-15)30-7-3-4-18(31)12-30/h5-6,8-11,18,25,31H,3-4,7,12,24H2,1-2H3,(H,27,29)(H,28,32)/b14-13-,25-21?. The molecule has 6 N–H and O–H groups in total. The summed E-state index contributed by atoms with van der Waals surface area (Å²) in [4.78, 5) is 26.6. The van der Waals surface area contributed by atoms with Gasteiger partial charge in [-0.15, -0.1) is 0 Å². The normalized spacial score (nSPS) is 17.2. The van der Waals surface area contributed by atoms with Crippen LogP contribution in [0.2, 0.25) is 0 Å². The number of H-pyrrole nitrogens is 1. The molecule has 1 unspecified atom stereocenters. The highest BCUT2D eigenvalue weighted by atomic mass is 16.3. The lowest BCUT2D eigenvalue weighted by molar-refractivity contribution is -0.110. The van der Waals surface area contributed by atoms with E-state index in [-0.39, 0.29) is 11.8 Å². The van der Waals surface area contributed by atoms with Crippen LogP contribution in [0.25, 0.3) is 22.3 Å². The Hall–Kier alpha value is -3.72. The molecule has 0 radical (unpaired) electrons. The van der Waals surface area contributed by atoms with Gasteiger partial charge in [0.25, 0.3) is 5.91 Å². The van der Waals surface area contributed by atoms with E-state index in [0.29, 0.717) is 29.1 Å². The topological polar surface area (TPSA) is 144 Å². The van der Waals surface area contributed by atoms with Crippen molar-refractivity contribution in [3.8, 4) is 11.3 Å². The molecule has 4 heterocycles. The van der Waals surface area contributed by atoms with E-state index >= 15 is 0 Å². The second-order valence-corrected chi connectivity index (χ2v) is 8.13. The van der Waals surface area contributed by atoms with Crippen LogP contribution in [0.15, 0.2) is 47.9 Å². The average molecular weight is 434 g/mol. The number of nitrogens with two attached hydrogens (primary N) is 1. The van der Waals surface area contributed by atoms with Crippen LogP contribution in [0.3, 0.4) is 0 Å². The average Bonchev–Trinajstić information content (AvgIpc) is 3.21. The second kappa shape index (κ2) is 8.80. The molecule has 166 valence electrons. The van der Waals surface area contributed by atoms with Gasteiger partial charge in [-0.2, -0.15) is 0 Å². The van der Waals surface area contributed by atoms with Crippen molar-refractivity contribution < 1.29 is 9.90 Å². The number of aliphatic hydroxyl groups excluding tert-OH is 1. The molecule has 1 fully saturated rings. The Morgan fingerprint density at radius 2 is 2.12 bits per heavy atom. The van der Waals surface area contributed by atoms with Gasteiger partial charge < -0.3 is 26.0 Å². The smallest absolute Gasteiger partial charge is 0.273 e. The fourth-order valence-electron chi connectivity index (χ4n) is 3.72. The maximum Gasteiger partial charge on any atom is 0.273 e. The van der Waals surface area contributed by atoms with Crippen molar-refractivity contribution >= 4 is 34.2 Å². The SMILES string of the molecule is C/C(N)=C(\C)C(=N)C(=O)Nc1cnc2[nH]c(-c3ccnc(N4CCCC(O)C4)c3)cc2c1. The monoisotopic (exact) mass is 433 g/mol. The molecule has 0 aliphatic carbocycles. The van der Waals surface area contributed by atoms with Crippen LogP contribution in [0.1, 0.15) is 26.7 Å². The van der Waals surface area contributed by atoms with E-state index in [1.54, 1.807) is 26.2 Å². The summed E-state index contributed by atoms with van der Waals surface area (Å²) in [5.74, 6) is 0.296. The molecule has 0 bridgehead atoms. The summed E-state index contributed by atoms with van der Waals surface area (Å²) in [6.45, 7) is 4.76. The Balaban J connectivity index is 1.56. The van der Waals surface area contributed by atoms with E-state index in [1.807, 2.05) is 24.3 Å². The molecule has 1 amide bonds. The number of hydrogen-bond acceptors (Lipinski definition) is 7. The highest BCUT2D eigenvalue weighted by Crippen LogP contribution is 2.28. The number of aliphatic hydroxyl groups is 1. The largest absolute Gasteiger partial charge is 0.402 e. The number of anilines is 2. The summed E-state index contributed by atoms with van der Waals surface area (Å²) >= 11 is 0. The number of fused-ring (bicyclic) bond motifs is 1. The van der Waals surface area contributed by atoms with Gasteiger partial charge in [0, 0.05) is 41.6 Å². The first-order chi connectivity index (χ1) is 15.3. The number of aromatic nitrogens is 3. The van der Waals surface area contributed by atoms with E-state index in [2.05, 4.69) is 25.2 Å². The Morgan fingerprint density at radius 3 is 2.88 bits per heavy atom. The van der Waals surface area contributed by atoms with E-state index < -0.39 is 5.91 Å². The Morgan fingerprint density at radius 1 is 1.31 bits per heavy atom. The third kappa shape index (κ3) is 4.47. The summed E-state index contributed by atoms with van der Waals surface area (Å²) in [6.07, 6.45) is 4.75. The van der Waals surface area contributed by atoms with Gasteiger partial charge in [-0.1, -0.05) is 0 Å². The molecule has 3 aromatic heterocycles. The van der Waals surface area contributed by atoms with Crippen molar-refractivity contribution in [2.45, 2.75) is 32.8 Å². The fourth-order valence-corrected chi connectivity index (χ4v) is 3.72. The fraction of sp³-hybridized carbons (Fsp3) is 0.304. The molecule has 1 aliphatic rings. The van der Waals surface area contributed by atoms with Gasteiger partial charge >= 0.3 is 0 Å². The number of piperidine rings is 1. The number of β-amino-alcohol motifs (C(OH)–C–C–N with tert-alkyl or cyclic N) is 1. The summed E-state index contributed by atoms with van der Waals surface area (Å²) in [6, 6.07) is 7.69. The van der Waals surface area contributed by atoms with Crippen LogP contribution >= 0.6 is 0 Å². The van der Waals surface area contributed by atoms with Gasteiger partial charge in [-0.05, 0) is 56.5 Å². The van der Waals surface area contributed by atoms with Crippen LogP contribution in [-0.4, -0.2) is 50.9 Å². The number of pyridine rings is 2. The lowest BCUT2D eigenvalue weighted by Gasteiger charge is -2.31. The number of nitrogens with zero attached hydrogens (tertiary/aromatic N) is 3. The quantitative estimate of drug-likeness (QED) is 0.391. The molecule has 9 nitrogen and oxygen atoms in total. The summed E-state index contributed by atoms with van der Waals surface area (Å²) in [7, 11) is 0. The van der Waals surface area contributed by atoms with Gasteiger partial charge in [-0.25, -0.2) is 9.97 Å². The third-order valence-electron chi connectivity index (χ3n) is 5.70. The van der Waals surface area contributed by atoms with Gasteiger partial charge in [0.15, 0.2) is 0 Å². The maximum atomic E-state index is 12.3.